The summed E-state index contributed by atoms with van der Waals surface area (Å²) in [7, 11) is 3.82. The molecule has 0 aliphatic carbocycles. The van der Waals surface area contributed by atoms with Crippen molar-refractivity contribution in [2.75, 3.05) is 33.0 Å². The standard InChI is InChI=1S/C18H26N2O2S/c1-13-10-16(11-19(13)2)17(21)20-8-9-23-18(20)15-6-4-14(5-7-15)12-22-3/h4-7,13,16,18H,8-12H2,1-3H3/t13-,16+,18?/m0/s1. The van der Waals surface area contributed by atoms with Crippen LogP contribution in [0.1, 0.15) is 29.8 Å². The van der Waals surface area contributed by atoms with Gasteiger partial charge in [-0.1, -0.05) is 24.3 Å². The predicted molar refractivity (Wildman–Crippen MR) is 94.3 cm³/mol. The van der Waals surface area contributed by atoms with Gasteiger partial charge in [0.25, 0.3) is 0 Å². The Hall–Kier alpha value is -1.04. The van der Waals surface area contributed by atoms with Crippen molar-refractivity contribution in [2.45, 2.75) is 31.4 Å². The van der Waals surface area contributed by atoms with E-state index in [1.54, 1.807) is 7.11 Å². The van der Waals surface area contributed by atoms with Crippen LogP contribution in [0.15, 0.2) is 24.3 Å². The fraction of sp³-hybridized carbons (Fsp3) is 0.611. The van der Waals surface area contributed by atoms with E-state index in [0.717, 1.165) is 25.3 Å². The number of thioether (sulfide) groups is 1. The lowest BCUT2D eigenvalue weighted by atomic mass is 10.0. The number of carbonyl (C=O) groups is 1. The summed E-state index contributed by atoms with van der Waals surface area (Å²) < 4.78 is 5.17. The Morgan fingerprint density at radius 3 is 2.70 bits per heavy atom. The van der Waals surface area contributed by atoms with Crippen LogP contribution >= 0.6 is 11.8 Å². The highest BCUT2D eigenvalue weighted by Crippen LogP contribution is 2.39. The molecule has 0 bridgehead atoms. The van der Waals surface area contributed by atoms with Gasteiger partial charge in [0.15, 0.2) is 0 Å². The number of nitrogens with zero attached hydrogens (tertiary/aromatic N) is 2. The minimum atomic E-state index is 0.156. The van der Waals surface area contributed by atoms with Gasteiger partial charge >= 0.3 is 0 Å². The predicted octanol–water partition coefficient (Wildman–Crippen LogP) is 2.75. The van der Waals surface area contributed by atoms with E-state index in [9.17, 15) is 4.79 Å². The minimum absolute atomic E-state index is 0.156. The first-order valence-electron chi connectivity index (χ1n) is 8.30. The van der Waals surface area contributed by atoms with Crippen LogP contribution in [-0.2, 0) is 16.1 Å². The van der Waals surface area contributed by atoms with E-state index in [0.29, 0.717) is 18.6 Å². The molecular weight excluding hydrogens is 308 g/mol. The maximum atomic E-state index is 13.0. The molecule has 1 aromatic carbocycles. The summed E-state index contributed by atoms with van der Waals surface area (Å²) in [6.45, 7) is 4.59. The summed E-state index contributed by atoms with van der Waals surface area (Å²) in [5, 5.41) is 0.167. The zero-order valence-electron chi connectivity index (χ0n) is 14.2. The molecule has 0 spiro atoms. The Kier molecular flexibility index (Phi) is 5.29. The van der Waals surface area contributed by atoms with Gasteiger partial charge in [-0.05, 0) is 31.5 Å². The van der Waals surface area contributed by atoms with Crippen LogP contribution in [0.3, 0.4) is 0 Å². The number of methoxy groups -OCH3 is 1. The van der Waals surface area contributed by atoms with E-state index in [2.05, 4.69) is 48.0 Å². The van der Waals surface area contributed by atoms with E-state index in [-0.39, 0.29) is 11.3 Å². The Bertz CT molecular complexity index is 538. The Morgan fingerprint density at radius 1 is 1.35 bits per heavy atom. The third kappa shape index (κ3) is 3.57. The Labute approximate surface area is 143 Å². The molecule has 2 saturated heterocycles. The number of carbonyl (C=O) groups excluding carboxylic acids is 1. The molecule has 2 heterocycles. The van der Waals surface area contributed by atoms with Crippen LogP contribution in [-0.4, -0.2) is 54.7 Å². The second-order valence-corrected chi connectivity index (χ2v) is 7.84. The molecular formula is C18H26N2O2S. The molecule has 23 heavy (non-hydrogen) atoms. The summed E-state index contributed by atoms with van der Waals surface area (Å²) in [6.07, 6.45) is 0.982. The summed E-state index contributed by atoms with van der Waals surface area (Å²) in [5.74, 6) is 1.51. The van der Waals surface area contributed by atoms with Crippen LogP contribution in [0.4, 0.5) is 0 Å². The first-order chi connectivity index (χ1) is 11.1. The number of likely N-dealkylation sites (tertiary alicyclic amines) is 1. The Morgan fingerprint density at radius 2 is 2.09 bits per heavy atom. The molecule has 2 fully saturated rings. The van der Waals surface area contributed by atoms with Crippen molar-refractivity contribution >= 4 is 17.7 Å². The van der Waals surface area contributed by atoms with E-state index >= 15 is 0 Å². The van der Waals surface area contributed by atoms with Gasteiger partial charge in [0.05, 0.1) is 12.5 Å². The first kappa shape index (κ1) is 16.8. The van der Waals surface area contributed by atoms with E-state index in [1.165, 1.54) is 11.1 Å². The van der Waals surface area contributed by atoms with Crippen LogP contribution in [0, 0.1) is 5.92 Å². The second-order valence-electron chi connectivity index (χ2n) is 6.65. The molecule has 2 aliphatic rings. The van der Waals surface area contributed by atoms with Crippen LogP contribution in [0.2, 0.25) is 0 Å². The van der Waals surface area contributed by atoms with Crippen LogP contribution in [0.5, 0.6) is 0 Å². The molecule has 126 valence electrons. The third-order valence-corrected chi connectivity index (χ3v) is 6.25. The topological polar surface area (TPSA) is 32.8 Å². The van der Waals surface area contributed by atoms with Crippen molar-refractivity contribution in [3.8, 4) is 0 Å². The van der Waals surface area contributed by atoms with Gasteiger partial charge in [-0.3, -0.25) is 4.79 Å². The van der Waals surface area contributed by atoms with Crippen molar-refractivity contribution in [1.82, 2.24) is 9.80 Å². The number of hydrogen-bond donors (Lipinski definition) is 0. The lowest BCUT2D eigenvalue weighted by molar-refractivity contribution is -0.135. The molecule has 1 amide bonds. The number of hydrogen-bond acceptors (Lipinski definition) is 4. The van der Waals surface area contributed by atoms with Gasteiger partial charge in [-0.25, -0.2) is 0 Å². The molecule has 0 N–H and O–H groups in total. The highest BCUT2D eigenvalue weighted by Gasteiger charge is 2.38. The number of rotatable bonds is 4. The Balaban J connectivity index is 1.71. The van der Waals surface area contributed by atoms with E-state index in [4.69, 9.17) is 4.74 Å². The van der Waals surface area contributed by atoms with Gasteiger partial charge in [0.1, 0.15) is 5.37 Å². The third-order valence-electron chi connectivity index (χ3n) is 4.99. The van der Waals surface area contributed by atoms with Crippen molar-refractivity contribution in [3.05, 3.63) is 35.4 Å². The molecule has 3 rings (SSSR count). The average Bonchev–Trinajstić information content (AvgIpc) is 3.15. The molecule has 2 aliphatic heterocycles. The van der Waals surface area contributed by atoms with Gasteiger partial charge < -0.3 is 14.5 Å². The van der Waals surface area contributed by atoms with Crippen molar-refractivity contribution in [1.29, 1.82) is 0 Å². The lowest BCUT2D eigenvalue weighted by Gasteiger charge is -2.27. The molecule has 0 aromatic heterocycles. The normalized spacial score (nSPS) is 28.5. The van der Waals surface area contributed by atoms with Crippen LogP contribution in [0.25, 0.3) is 0 Å². The molecule has 5 heteroatoms. The summed E-state index contributed by atoms with van der Waals surface area (Å²) >= 11 is 1.87. The average molecular weight is 334 g/mol. The zero-order valence-corrected chi connectivity index (χ0v) is 15.0. The number of ether oxygens (including phenoxy) is 1. The minimum Gasteiger partial charge on any atom is -0.380 e. The van der Waals surface area contributed by atoms with Gasteiger partial charge in [0, 0.05) is 32.0 Å². The fourth-order valence-electron chi connectivity index (χ4n) is 3.52. The molecule has 4 nitrogen and oxygen atoms in total. The maximum absolute atomic E-state index is 13.0. The molecule has 0 radical (unpaired) electrons. The fourth-order valence-corrected chi connectivity index (χ4v) is 4.79. The van der Waals surface area contributed by atoms with Crippen molar-refractivity contribution in [3.63, 3.8) is 0 Å². The molecule has 1 unspecified atom stereocenters. The van der Waals surface area contributed by atoms with Gasteiger partial charge in [-0.2, -0.15) is 0 Å². The highest BCUT2D eigenvalue weighted by atomic mass is 32.2. The largest absolute Gasteiger partial charge is 0.380 e. The molecule has 1 aromatic rings. The smallest absolute Gasteiger partial charge is 0.228 e. The molecule has 0 saturated carbocycles. The monoisotopic (exact) mass is 334 g/mol. The first-order valence-corrected chi connectivity index (χ1v) is 9.35. The number of amides is 1. The lowest BCUT2D eigenvalue weighted by Crippen LogP contribution is -2.36. The summed E-state index contributed by atoms with van der Waals surface area (Å²) in [6, 6.07) is 8.99. The van der Waals surface area contributed by atoms with Gasteiger partial charge in [0.2, 0.25) is 5.91 Å². The maximum Gasteiger partial charge on any atom is 0.228 e. The SMILES string of the molecule is COCc1ccc(C2SCCN2C(=O)[C@@H]2C[C@H](C)N(C)C2)cc1. The number of benzene rings is 1. The van der Waals surface area contributed by atoms with E-state index < -0.39 is 0 Å². The van der Waals surface area contributed by atoms with Gasteiger partial charge in [-0.15, -0.1) is 11.8 Å². The second kappa shape index (κ2) is 7.24. The van der Waals surface area contributed by atoms with Crippen molar-refractivity contribution in [2.24, 2.45) is 5.92 Å². The van der Waals surface area contributed by atoms with Crippen LogP contribution < -0.4 is 0 Å². The zero-order chi connectivity index (χ0) is 16.4. The quantitative estimate of drug-likeness (QED) is 0.848. The van der Waals surface area contributed by atoms with E-state index in [1.807, 2.05) is 11.8 Å². The summed E-state index contributed by atoms with van der Waals surface area (Å²) in [4.78, 5) is 17.3. The highest BCUT2D eigenvalue weighted by molar-refractivity contribution is 7.99. The molecule has 3 atom stereocenters. The summed E-state index contributed by atoms with van der Waals surface area (Å²) in [5.41, 5.74) is 2.39. The van der Waals surface area contributed by atoms with Crippen molar-refractivity contribution < 1.29 is 9.53 Å².